The van der Waals surface area contributed by atoms with Crippen molar-refractivity contribution >= 4 is 5.78 Å². The van der Waals surface area contributed by atoms with Crippen LogP contribution >= 0.6 is 0 Å². The van der Waals surface area contributed by atoms with E-state index < -0.39 is 0 Å². The summed E-state index contributed by atoms with van der Waals surface area (Å²) in [4.78, 5) is 12.0. The molecule has 0 aromatic heterocycles. The Bertz CT molecular complexity index is 455. The fourth-order valence-corrected chi connectivity index (χ4v) is 7.42. The summed E-state index contributed by atoms with van der Waals surface area (Å²) < 4.78 is 0. The lowest BCUT2D eigenvalue weighted by Gasteiger charge is -2.61. The van der Waals surface area contributed by atoms with E-state index in [1.807, 2.05) is 0 Å². The molecule has 0 bridgehead atoms. The first-order valence-electron chi connectivity index (χ1n) is 9.46. The van der Waals surface area contributed by atoms with Crippen LogP contribution in [0.1, 0.15) is 78.6 Å². The van der Waals surface area contributed by atoms with Gasteiger partial charge in [0.15, 0.2) is 0 Å². The fraction of sp³-hybridized carbons (Fsp3) is 0.950. The van der Waals surface area contributed by atoms with Crippen LogP contribution in [0.4, 0.5) is 0 Å². The van der Waals surface area contributed by atoms with E-state index in [1.165, 1.54) is 44.9 Å². The van der Waals surface area contributed by atoms with Gasteiger partial charge in [-0.05, 0) is 78.9 Å². The predicted molar refractivity (Wildman–Crippen MR) is 85.9 cm³/mol. The van der Waals surface area contributed by atoms with Crippen LogP contribution in [-0.2, 0) is 4.79 Å². The molecule has 0 spiro atoms. The van der Waals surface area contributed by atoms with Crippen molar-refractivity contribution in [3.8, 4) is 0 Å². The highest BCUT2D eigenvalue weighted by Crippen LogP contribution is 2.67. The Morgan fingerprint density at radius 2 is 1.86 bits per heavy atom. The molecule has 1 nitrogen and oxygen atoms in total. The molecule has 0 N–H and O–H groups in total. The van der Waals surface area contributed by atoms with Crippen molar-refractivity contribution in [1.82, 2.24) is 0 Å². The van der Waals surface area contributed by atoms with Gasteiger partial charge in [-0.25, -0.2) is 0 Å². The Labute approximate surface area is 130 Å². The molecule has 0 aromatic rings. The number of hydrogen-bond acceptors (Lipinski definition) is 1. The fourth-order valence-electron chi connectivity index (χ4n) is 7.42. The van der Waals surface area contributed by atoms with Crippen molar-refractivity contribution in [2.45, 2.75) is 78.6 Å². The summed E-state index contributed by atoms with van der Waals surface area (Å²) in [7, 11) is 0. The summed E-state index contributed by atoms with van der Waals surface area (Å²) in [5.41, 5.74) is 1.14. The molecule has 0 amide bonds. The molecule has 4 saturated carbocycles. The zero-order chi connectivity index (χ0) is 14.8. The molecule has 7 atom stereocenters. The number of rotatable bonds is 0. The quantitative estimate of drug-likeness (QED) is 0.596. The van der Waals surface area contributed by atoms with Gasteiger partial charge in [0.05, 0.1) is 0 Å². The van der Waals surface area contributed by atoms with Crippen LogP contribution in [0.15, 0.2) is 0 Å². The van der Waals surface area contributed by atoms with Gasteiger partial charge in [0, 0.05) is 12.8 Å². The third-order valence-electron chi connectivity index (χ3n) is 8.62. The van der Waals surface area contributed by atoms with Gasteiger partial charge in [0.2, 0.25) is 0 Å². The van der Waals surface area contributed by atoms with Gasteiger partial charge in [0.25, 0.3) is 0 Å². The molecule has 0 aromatic carbocycles. The van der Waals surface area contributed by atoms with E-state index in [2.05, 4.69) is 20.8 Å². The van der Waals surface area contributed by atoms with E-state index in [-0.39, 0.29) is 0 Å². The monoisotopic (exact) mass is 288 g/mol. The van der Waals surface area contributed by atoms with E-state index in [9.17, 15) is 4.79 Å². The molecule has 4 rings (SSSR count). The molecule has 1 heteroatoms. The summed E-state index contributed by atoms with van der Waals surface area (Å²) in [5, 5.41) is 0. The summed E-state index contributed by atoms with van der Waals surface area (Å²) in [6.45, 7) is 7.66. The predicted octanol–water partition coefficient (Wildman–Crippen LogP) is 5.23. The second-order valence-electron chi connectivity index (χ2n) is 9.53. The van der Waals surface area contributed by atoms with Crippen LogP contribution in [0, 0.1) is 40.4 Å². The first kappa shape index (κ1) is 14.3. The minimum atomic E-state index is 0.481. The van der Waals surface area contributed by atoms with Crippen LogP contribution in [0.3, 0.4) is 0 Å². The first-order chi connectivity index (χ1) is 9.94. The summed E-state index contributed by atoms with van der Waals surface area (Å²) in [6, 6.07) is 0. The van der Waals surface area contributed by atoms with E-state index in [4.69, 9.17) is 0 Å². The van der Waals surface area contributed by atoms with E-state index in [1.54, 1.807) is 0 Å². The maximum absolute atomic E-state index is 12.0. The maximum Gasteiger partial charge on any atom is 0.133 e. The summed E-state index contributed by atoms with van der Waals surface area (Å²) in [6.07, 6.45) is 11.6. The van der Waals surface area contributed by atoms with Gasteiger partial charge >= 0.3 is 0 Å². The van der Waals surface area contributed by atoms with Gasteiger partial charge in [-0.2, -0.15) is 0 Å². The van der Waals surface area contributed by atoms with E-state index in [0.717, 1.165) is 36.5 Å². The third-order valence-corrected chi connectivity index (χ3v) is 8.62. The second kappa shape index (κ2) is 4.59. The second-order valence-corrected chi connectivity index (χ2v) is 9.53. The highest BCUT2D eigenvalue weighted by molar-refractivity contribution is 5.79. The summed E-state index contributed by atoms with van der Waals surface area (Å²) in [5.74, 6) is 4.95. The van der Waals surface area contributed by atoms with E-state index >= 15 is 0 Å². The zero-order valence-corrected chi connectivity index (χ0v) is 14.2. The van der Waals surface area contributed by atoms with E-state index in [0.29, 0.717) is 22.5 Å². The molecule has 0 unspecified atom stereocenters. The molecule has 4 aliphatic rings. The number of hydrogen-bond donors (Lipinski definition) is 0. The SMILES string of the molecule is C[C@@H]1C[C@H]2CC(=O)CC[C@]2(C)[C@H]2CC[C@]3(C)CCC[C@H]3[C@H]12. The molecule has 0 radical (unpaired) electrons. The lowest BCUT2D eigenvalue weighted by molar-refractivity contribution is -0.146. The lowest BCUT2D eigenvalue weighted by Crippen LogP contribution is -2.55. The molecule has 4 fully saturated rings. The van der Waals surface area contributed by atoms with Crippen LogP contribution in [0.5, 0.6) is 0 Å². The molecule has 118 valence electrons. The van der Waals surface area contributed by atoms with Crippen molar-refractivity contribution in [2.75, 3.05) is 0 Å². The van der Waals surface area contributed by atoms with Gasteiger partial charge in [-0.1, -0.05) is 27.2 Å². The van der Waals surface area contributed by atoms with Crippen molar-refractivity contribution in [1.29, 1.82) is 0 Å². The first-order valence-corrected chi connectivity index (χ1v) is 9.46. The normalized spacial score (nSPS) is 56.5. The minimum Gasteiger partial charge on any atom is -0.300 e. The average Bonchev–Trinajstić information content (AvgIpc) is 2.82. The Hall–Kier alpha value is -0.330. The van der Waals surface area contributed by atoms with Crippen molar-refractivity contribution < 1.29 is 4.79 Å². The molecule has 0 aliphatic heterocycles. The summed E-state index contributed by atoms with van der Waals surface area (Å²) >= 11 is 0. The Balaban J connectivity index is 1.68. The van der Waals surface area contributed by atoms with Gasteiger partial charge < -0.3 is 0 Å². The molecule has 21 heavy (non-hydrogen) atoms. The van der Waals surface area contributed by atoms with Crippen molar-refractivity contribution in [3.05, 3.63) is 0 Å². The van der Waals surface area contributed by atoms with Crippen molar-refractivity contribution in [3.63, 3.8) is 0 Å². The number of ketones is 1. The Kier molecular flexibility index (Phi) is 3.12. The van der Waals surface area contributed by atoms with Crippen molar-refractivity contribution in [2.24, 2.45) is 40.4 Å². The minimum absolute atomic E-state index is 0.481. The van der Waals surface area contributed by atoms with Gasteiger partial charge in [-0.3, -0.25) is 4.79 Å². The third kappa shape index (κ3) is 1.91. The lowest BCUT2D eigenvalue weighted by atomic mass is 9.43. The molecule has 0 saturated heterocycles. The van der Waals surface area contributed by atoms with Crippen LogP contribution in [0.2, 0.25) is 0 Å². The zero-order valence-electron chi connectivity index (χ0n) is 14.2. The molecular formula is C20H32O. The largest absolute Gasteiger partial charge is 0.300 e. The molecular weight excluding hydrogens is 256 g/mol. The topological polar surface area (TPSA) is 17.1 Å². The van der Waals surface area contributed by atoms with Crippen LogP contribution in [0.25, 0.3) is 0 Å². The smallest absolute Gasteiger partial charge is 0.133 e. The Morgan fingerprint density at radius 3 is 2.67 bits per heavy atom. The average molecular weight is 288 g/mol. The number of carbonyl (C=O) groups is 1. The number of fused-ring (bicyclic) bond motifs is 5. The standard InChI is InChI=1S/C20H32O/c1-13-11-14-12-15(21)6-10-20(14,3)17-7-9-19(2)8-4-5-16(19)18(13)17/h13-14,16-18H,4-12H2,1-3H3/t13-,14+,16+,17+,18+,19+,20+/m1/s1. The van der Waals surface area contributed by atoms with Crippen LogP contribution < -0.4 is 0 Å². The number of Topliss-reactive ketones (excluding diaryl/α,β-unsaturated/α-hetero) is 1. The highest BCUT2D eigenvalue weighted by Gasteiger charge is 2.59. The van der Waals surface area contributed by atoms with Crippen LogP contribution in [-0.4, -0.2) is 5.78 Å². The number of carbonyl (C=O) groups excluding carboxylic acids is 1. The molecule has 4 aliphatic carbocycles. The molecule has 0 heterocycles. The Morgan fingerprint density at radius 1 is 1.05 bits per heavy atom. The van der Waals surface area contributed by atoms with Gasteiger partial charge in [0.1, 0.15) is 5.78 Å². The maximum atomic E-state index is 12.0. The highest BCUT2D eigenvalue weighted by atomic mass is 16.1. The van der Waals surface area contributed by atoms with Gasteiger partial charge in [-0.15, -0.1) is 0 Å².